The zero-order valence-corrected chi connectivity index (χ0v) is 13.0. The molecule has 1 nitrogen and oxygen atoms in total. The molecule has 5 heteroatoms. The summed E-state index contributed by atoms with van der Waals surface area (Å²) in [5.41, 5.74) is 1.55. The first-order valence-corrected chi connectivity index (χ1v) is 7.21. The van der Waals surface area contributed by atoms with Gasteiger partial charge in [-0.1, -0.05) is 46.9 Å². The number of likely N-dealkylation sites (N-methyl/N-ethyl adjacent to an activating group) is 1. The second-order valence-electron chi connectivity index (χ2n) is 4.45. The van der Waals surface area contributed by atoms with Gasteiger partial charge in [-0.05, 0) is 48.9 Å². The maximum absolute atomic E-state index is 13.8. The van der Waals surface area contributed by atoms with Crippen LogP contribution in [0.25, 0.3) is 0 Å². The number of nitrogens with one attached hydrogen (secondary N) is 1. The van der Waals surface area contributed by atoms with Crippen molar-refractivity contribution in [3.05, 3.63) is 68.4 Å². The van der Waals surface area contributed by atoms with Gasteiger partial charge in [-0.3, -0.25) is 0 Å². The quantitative estimate of drug-likeness (QED) is 0.802. The second-order valence-corrected chi connectivity index (χ2v) is 5.71. The Morgan fingerprint density at radius 2 is 1.80 bits per heavy atom. The highest BCUT2D eigenvalue weighted by Crippen LogP contribution is 2.28. The van der Waals surface area contributed by atoms with E-state index in [-0.39, 0.29) is 11.9 Å². The minimum Gasteiger partial charge on any atom is -0.313 e. The molecule has 0 aliphatic rings. The first-order chi connectivity index (χ1) is 9.51. The summed E-state index contributed by atoms with van der Waals surface area (Å²) in [6.07, 6.45) is 0.497. The van der Waals surface area contributed by atoms with Crippen molar-refractivity contribution in [2.24, 2.45) is 0 Å². The number of hydrogen-bond donors (Lipinski definition) is 1. The average Bonchev–Trinajstić information content (AvgIpc) is 2.41. The molecule has 0 spiro atoms. The molecule has 1 unspecified atom stereocenters. The van der Waals surface area contributed by atoms with Crippen LogP contribution in [0.3, 0.4) is 0 Å². The molecule has 0 fully saturated rings. The Morgan fingerprint density at radius 1 is 1.05 bits per heavy atom. The topological polar surface area (TPSA) is 12.0 Å². The maximum Gasteiger partial charge on any atom is 0.127 e. The van der Waals surface area contributed by atoms with Gasteiger partial charge in [0.2, 0.25) is 0 Å². The number of rotatable bonds is 4. The first-order valence-electron chi connectivity index (χ1n) is 6.07. The van der Waals surface area contributed by atoms with Gasteiger partial charge in [0.25, 0.3) is 0 Å². The van der Waals surface area contributed by atoms with Crippen molar-refractivity contribution >= 4 is 34.8 Å². The van der Waals surface area contributed by atoms with Gasteiger partial charge in [-0.25, -0.2) is 4.39 Å². The molecule has 106 valence electrons. The summed E-state index contributed by atoms with van der Waals surface area (Å²) in [7, 11) is 1.82. The Hall–Kier alpha value is -0.800. The van der Waals surface area contributed by atoms with E-state index < -0.39 is 0 Å². The lowest BCUT2D eigenvalue weighted by atomic mass is 9.98. The summed E-state index contributed by atoms with van der Waals surface area (Å²) in [4.78, 5) is 0. The number of hydrogen-bond acceptors (Lipinski definition) is 1. The van der Waals surface area contributed by atoms with Crippen molar-refractivity contribution in [2.75, 3.05) is 7.05 Å². The molecule has 1 atom stereocenters. The Bertz CT molecular complexity index is 616. The molecule has 0 saturated heterocycles. The zero-order chi connectivity index (χ0) is 14.7. The SMILES string of the molecule is CNC(Cc1ccc(Cl)cc1F)c1ccc(Cl)c(Cl)c1. The minimum absolute atomic E-state index is 0.0551. The highest BCUT2D eigenvalue weighted by Gasteiger charge is 2.14. The largest absolute Gasteiger partial charge is 0.313 e. The third kappa shape index (κ3) is 3.64. The Labute approximate surface area is 132 Å². The third-order valence-corrected chi connectivity index (χ3v) is 4.11. The molecular formula is C15H13Cl3FN. The van der Waals surface area contributed by atoms with Crippen LogP contribution in [-0.2, 0) is 6.42 Å². The van der Waals surface area contributed by atoms with E-state index in [2.05, 4.69) is 5.32 Å². The van der Waals surface area contributed by atoms with E-state index in [1.807, 2.05) is 13.1 Å². The fourth-order valence-corrected chi connectivity index (χ4v) is 2.49. The minimum atomic E-state index is -0.308. The van der Waals surface area contributed by atoms with Gasteiger partial charge in [0.15, 0.2) is 0 Å². The summed E-state index contributed by atoms with van der Waals surface area (Å²) < 4.78 is 13.8. The highest BCUT2D eigenvalue weighted by atomic mass is 35.5. The lowest BCUT2D eigenvalue weighted by Gasteiger charge is -2.18. The Morgan fingerprint density at radius 3 is 2.40 bits per heavy atom. The van der Waals surface area contributed by atoms with Crippen molar-refractivity contribution in [3.63, 3.8) is 0 Å². The summed E-state index contributed by atoms with van der Waals surface area (Å²) in [6, 6.07) is 10.0. The second kappa shape index (κ2) is 6.77. The van der Waals surface area contributed by atoms with Crippen molar-refractivity contribution in [3.8, 4) is 0 Å². The highest BCUT2D eigenvalue weighted by molar-refractivity contribution is 6.42. The molecule has 0 aromatic heterocycles. The Balaban J connectivity index is 2.26. The van der Waals surface area contributed by atoms with E-state index in [1.54, 1.807) is 24.3 Å². The average molecular weight is 333 g/mol. The van der Waals surface area contributed by atoms with Gasteiger partial charge in [0.05, 0.1) is 10.0 Å². The zero-order valence-electron chi connectivity index (χ0n) is 10.8. The van der Waals surface area contributed by atoms with Crippen LogP contribution in [0.1, 0.15) is 17.2 Å². The summed E-state index contributed by atoms with van der Waals surface area (Å²) in [6.45, 7) is 0. The van der Waals surface area contributed by atoms with Crippen LogP contribution in [-0.4, -0.2) is 7.05 Å². The van der Waals surface area contributed by atoms with Crippen LogP contribution >= 0.6 is 34.8 Å². The molecule has 1 N–H and O–H groups in total. The molecule has 0 radical (unpaired) electrons. The molecule has 2 aromatic rings. The molecule has 0 bridgehead atoms. The predicted molar refractivity (Wildman–Crippen MR) is 83.4 cm³/mol. The van der Waals surface area contributed by atoms with Gasteiger partial charge < -0.3 is 5.32 Å². The van der Waals surface area contributed by atoms with Crippen molar-refractivity contribution in [1.82, 2.24) is 5.32 Å². The summed E-state index contributed by atoms with van der Waals surface area (Å²) >= 11 is 17.7. The molecule has 0 aliphatic carbocycles. The van der Waals surface area contributed by atoms with E-state index in [0.717, 1.165) is 5.56 Å². The summed E-state index contributed by atoms with van der Waals surface area (Å²) in [5.74, 6) is -0.308. The molecular weight excluding hydrogens is 320 g/mol. The number of halogens is 4. The lowest BCUT2D eigenvalue weighted by molar-refractivity contribution is 0.554. The van der Waals surface area contributed by atoms with E-state index in [9.17, 15) is 4.39 Å². The van der Waals surface area contributed by atoms with Gasteiger partial charge in [-0.15, -0.1) is 0 Å². The monoisotopic (exact) mass is 331 g/mol. The molecule has 0 heterocycles. The van der Waals surface area contributed by atoms with Crippen LogP contribution in [0, 0.1) is 5.82 Å². The lowest BCUT2D eigenvalue weighted by Crippen LogP contribution is -2.19. The van der Waals surface area contributed by atoms with Crippen LogP contribution in [0.2, 0.25) is 15.1 Å². The third-order valence-electron chi connectivity index (χ3n) is 3.13. The molecule has 2 aromatic carbocycles. The van der Waals surface area contributed by atoms with Crippen molar-refractivity contribution < 1.29 is 4.39 Å². The van der Waals surface area contributed by atoms with Crippen molar-refractivity contribution in [1.29, 1.82) is 0 Å². The van der Waals surface area contributed by atoms with Crippen LogP contribution < -0.4 is 5.32 Å². The fraction of sp³-hybridized carbons (Fsp3) is 0.200. The Kier molecular flexibility index (Phi) is 5.28. The van der Waals surface area contributed by atoms with Gasteiger partial charge in [-0.2, -0.15) is 0 Å². The molecule has 0 aliphatic heterocycles. The van der Waals surface area contributed by atoms with E-state index >= 15 is 0 Å². The van der Waals surface area contributed by atoms with Crippen molar-refractivity contribution in [2.45, 2.75) is 12.5 Å². The van der Waals surface area contributed by atoms with E-state index in [1.165, 1.54) is 6.07 Å². The molecule has 2 rings (SSSR count). The van der Waals surface area contributed by atoms with Crippen LogP contribution in [0.5, 0.6) is 0 Å². The van der Waals surface area contributed by atoms with E-state index in [4.69, 9.17) is 34.8 Å². The first kappa shape index (κ1) is 15.6. The normalized spacial score (nSPS) is 12.4. The smallest absolute Gasteiger partial charge is 0.127 e. The van der Waals surface area contributed by atoms with Crippen LogP contribution in [0.15, 0.2) is 36.4 Å². The summed E-state index contributed by atoms with van der Waals surface area (Å²) in [5, 5.41) is 4.53. The van der Waals surface area contributed by atoms with Crippen LogP contribution in [0.4, 0.5) is 4.39 Å². The maximum atomic E-state index is 13.8. The van der Waals surface area contributed by atoms with Gasteiger partial charge in [0, 0.05) is 11.1 Å². The molecule has 0 saturated carbocycles. The van der Waals surface area contributed by atoms with Gasteiger partial charge in [0.1, 0.15) is 5.82 Å². The predicted octanol–water partition coefficient (Wildman–Crippen LogP) is 5.29. The number of benzene rings is 2. The van der Waals surface area contributed by atoms with Gasteiger partial charge >= 0.3 is 0 Å². The fourth-order valence-electron chi connectivity index (χ4n) is 2.02. The standard InChI is InChI=1S/C15H13Cl3FN/c1-20-15(10-3-5-12(17)13(18)6-10)7-9-2-4-11(16)8-14(9)19/h2-6,8,15,20H,7H2,1H3. The molecule has 0 amide bonds. The van der Waals surface area contributed by atoms with E-state index in [0.29, 0.717) is 27.1 Å². The molecule has 20 heavy (non-hydrogen) atoms.